The molecule has 1 N–H and O–H groups in total. The molecular formula is C17H23NO3. The molecule has 0 heterocycles. The third kappa shape index (κ3) is 4.31. The predicted octanol–water partition coefficient (Wildman–Crippen LogP) is 2.50. The molecule has 4 heteroatoms. The molecule has 0 saturated carbocycles. The highest BCUT2D eigenvalue weighted by molar-refractivity contribution is 5.77. The molecule has 0 aliphatic heterocycles. The minimum absolute atomic E-state index is 0.0209. The summed E-state index contributed by atoms with van der Waals surface area (Å²) >= 11 is 0. The summed E-state index contributed by atoms with van der Waals surface area (Å²) in [7, 11) is 0. The Hall–Kier alpha value is -1.84. The van der Waals surface area contributed by atoms with Crippen LogP contribution in [0.15, 0.2) is 24.3 Å². The average Bonchev–Trinajstić information content (AvgIpc) is 2.47. The van der Waals surface area contributed by atoms with E-state index in [0.29, 0.717) is 25.4 Å². The van der Waals surface area contributed by atoms with Gasteiger partial charge in [-0.3, -0.25) is 9.59 Å². The summed E-state index contributed by atoms with van der Waals surface area (Å²) in [6, 6.07) is 8.43. The zero-order valence-corrected chi connectivity index (χ0v) is 12.5. The van der Waals surface area contributed by atoms with Gasteiger partial charge in [0.15, 0.2) is 0 Å². The third-order valence-electron chi connectivity index (χ3n) is 4.24. The van der Waals surface area contributed by atoms with Gasteiger partial charge in [-0.1, -0.05) is 24.3 Å². The van der Waals surface area contributed by atoms with Crippen molar-refractivity contribution in [3.05, 3.63) is 35.4 Å². The van der Waals surface area contributed by atoms with E-state index >= 15 is 0 Å². The monoisotopic (exact) mass is 289 g/mol. The van der Waals surface area contributed by atoms with E-state index < -0.39 is 5.97 Å². The predicted molar refractivity (Wildman–Crippen MR) is 81.1 cm³/mol. The Morgan fingerprint density at radius 3 is 2.67 bits per heavy atom. The van der Waals surface area contributed by atoms with E-state index in [1.54, 1.807) is 4.90 Å². The topological polar surface area (TPSA) is 57.6 Å². The largest absolute Gasteiger partial charge is 0.481 e. The standard InChI is InChI=1S/C17H23NO3/c1-2-18(10-9-17(20)21)16(19)12-13-7-8-14-5-3-4-6-15(14)11-13/h3-6,13H,2,7-12H2,1H3,(H,20,21). The van der Waals surface area contributed by atoms with Crippen molar-refractivity contribution in [2.24, 2.45) is 5.92 Å². The van der Waals surface area contributed by atoms with Crippen LogP contribution >= 0.6 is 0 Å². The lowest BCUT2D eigenvalue weighted by Crippen LogP contribution is -2.34. The highest BCUT2D eigenvalue weighted by atomic mass is 16.4. The maximum absolute atomic E-state index is 12.3. The minimum atomic E-state index is -0.854. The number of carboxylic acid groups (broad SMARTS) is 1. The molecule has 0 bridgehead atoms. The van der Waals surface area contributed by atoms with Gasteiger partial charge in [0.25, 0.3) is 0 Å². The van der Waals surface area contributed by atoms with Crippen LogP contribution in [-0.4, -0.2) is 35.0 Å². The first kappa shape index (κ1) is 15.5. The Kier molecular flexibility index (Phi) is 5.37. The highest BCUT2D eigenvalue weighted by Gasteiger charge is 2.23. The fourth-order valence-electron chi connectivity index (χ4n) is 3.01. The summed E-state index contributed by atoms with van der Waals surface area (Å²) in [4.78, 5) is 24.6. The van der Waals surface area contributed by atoms with Crippen LogP contribution in [0.5, 0.6) is 0 Å². The molecule has 1 amide bonds. The summed E-state index contributed by atoms with van der Waals surface area (Å²) in [5.41, 5.74) is 2.76. The lowest BCUT2D eigenvalue weighted by molar-refractivity contribution is -0.138. The molecule has 1 atom stereocenters. The van der Waals surface area contributed by atoms with Crippen LogP contribution < -0.4 is 0 Å². The van der Waals surface area contributed by atoms with Crippen molar-refractivity contribution < 1.29 is 14.7 Å². The number of carbonyl (C=O) groups excluding carboxylic acids is 1. The molecular weight excluding hydrogens is 266 g/mol. The first-order valence-electron chi connectivity index (χ1n) is 7.66. The maximum atomic E-state index is 12.3. The number of carboxylic acids is 1. The number of aryl methyl sites for hydroxylation is 1. The fraction of sp³-hybridized carbons (Fsp3) is 0.529. The number of hydrogen-bond donors (Lipinski definition) is 1. The molecule has 1 aliphatic rings. The fourth-order valence-corrected chi connectivity index (χ4v) is 3.01. The van der Waals surface area contributed by atoms with Crippen molar-refractivity contribution in [2.45, 2.75) is 39.0 Å². The first-order valence-corrected chi connectivity index (χ1v) is 7.66. The molecule has 0 fully saturated rings. The second kappa shape index (κ2) is 7.25. The van der Waals surface area contributed by atoms with E-state index in [4.69, 9.17) is 5.11 Å². The van der Waals surface area contributed by atoms with Crippen molar-refractivity contribution in [3.8, 4) is 0 Å². The number of nitrogens with zero attached hydrogens (tertiary/aromatic N) is 1. The van der Waals surface area contributed by atoms with Crippen LogP contribution in [0.1, 0.15) is 37.3 Å². The van der Waals surface area contributed by atoms with E-state index in [1.165, 1.54) is 11.1 Å². The number of benzene rings is 1. The molecule has 2 rings (SSSR count). The Balaban J connectivity index is 1.89. The second-order valence-corrected chi connectivity index (χ2v) is 5.70. The van der Waals surface area contributed by atoms with Crippen molar-refractivity contribution in [3.63, 3.8) is 0 Å². The Labute approximate surface area is 125 Å². The Morgan fingerprint density at radius 1 is 1.29 bits per heavy atom. The van der Waals surface area contributed by atoms with Gasteiger partial charge >= 0.3 is 5.97 Å². The van der Waals surface area contributed by atoms with E-state index in [1.807, 2.05) is 13.0 Å². The van der Waals surface area contributed by atoms with Crippen molar-refractivity contribution in [1.29, 1.82) is 0 Å². The van der Waals surface area contributed by atoms with E-state index in [2.05, 4.69) is 18.2 Å². The van der Waals surface area contributed by atoms with Crippen LogP contribution in [0.25, 0.3) is 0 Å². The van der Waals surface area contributed by atoms with Gasteiger partial charge in [-0.05, 0) is 43.2 Å². The summed E-state index contributed by atoms with van der Waals surface area (Å²) in [6.07, 6.45) is 3.59. The molecule has 0 saturated heterocycles. The number of aliphatic carboxylic acids is 1. The molecule has 1 aromatic carbocycles. The molecule has 0 spiro atoms. The normalized spacial score (nSPS) is 17.1. The Morgan fingerprint density at radius 2 is 2.00 bits per heavy atom. The summed E-state index contributed by atoms with van der Waals surface area (Å²) in [5, 5.41) is 8.73. The molecule has 0 radical (unpaired) electrons. The number of rotatable bonds is 6. The van der Waals surface area contributed by atoms with Crippen molar-refractivity contribution >= 4 is 11.9 Å². The smallest absolute Gasteiger partial charge is 0.305 e. The van der Waals surface area contributed by atoms with Gasteiger partial charge in [0, 0.05) is 19.5 Å². The van der Waals surface area contributed by atoms with Gasteiger partial charge in [-0.2, -0.15) is 0 Å². The molecule has 114 valence electrons. The number of fused-ring (bicyclic) bond motifs is 1. The summed E-state index contributed by atoms with van der Waals surface area (Å²) < 4.78 is 0. The average molecular weight is 289 g/mol. The second-order valence-electron chi connectivity index (χ2n) is 5.70. The van der Waals surface area contributed by atoms with E-state index in [-0.39, 0.29) is 12.3 Å². The lowest BCUT2D eigenvalue weighted by atomic mass is 9.82. The summed E-state index contributed by atoms with van der Waals surface area (Å²) in [5.74, 6) is -0.387. The van der Waals surface area contributed by atoms with E-state index in [9.17, 15) is 9.59 Å². The lowest BCUT2D eigenvalue weighted by Gasteiger charge is -2.27. The third-order valence-corrected chi connectivity index (χ3v) is 4.24. The molecule has 0 aromatic heterocycles. The maximum Gasteiger partial charge on any atom is 0.305 e. The SMILES string of the molecule is CCN(CCC(=O)O)C(=O)CC1CCc2ccccc2C1. The molecule has 1 aliphatic carbocycles. The zero-order valence-electron chi connectivity index (χ0n) is 12.5. The zero-order chi connectivity index (χ0) is 15.2. The van der Waals surface area contributed by atoms with Gasteiger partial charge in [0.2, 0.25) is 5.91 Å². The van der Waals surface area contributed by atoms with Gasteiger partial charge in [-0.25, -0.2) is 0 Å². The van der Waals surface area contributed by atoms with Crippen LogP contribution in [0.2, 0.25) is 0 Å². The van der Waals surface area contributed by atoms with Crippen LogP contribution in [0, 0.1) is 5.92 Å². The van der Waals surface area contributed by atoms with Crippen LogP contribution in [0.4, 0.5) is 0 Å². The number of amides is 1. The highest BCUT2D eigenvalue weighted by Crippen LogP contribution is 2.27. The van der Waals surface area contributed by atoms with Gasteiger partial charge in [0.1, 0.15) is 0 Å². The number of carbonyl (C=O) groups is 2. The van der Waals surface area contributed by atoms with Crippen molar-refractivity contribution in [1.82, 2.24) is 4.90 Å². The van der Waals surface area contributed by atoms with Gasteiger partial charge in [0.05, 0.1) is 6.42 Å². The molecule has 1 aromatic rings. The first-order chi connectivity index (χ1) is 10.1. The minimum Gasteiger partial charge on any atom is -0.481 e. The molecule has 21 heavy (non-hydrogen) atoms. The molecule has 4 nitrogen and oxygen atoms in total. The molecule has 1 unspecified atom stereocenters. The van der Waals surface area contributed by atoms with E-state index in [0.717, 1.165) is 19.3 Å². The number of hydrogen-bond acceptors (Lipinski definition) is 2. The van der Waals surface area contributed by atoms with Crippen LogP contribution in [0.3, 0.4) is 0 Å². The summed E-state index contributed by atoms with van der Waals surface area (Å²) in [6.45, 7) is 2.79. The Bertz CT molecular complexity index is 513. The van der Waals surface area contributed by atoms with Gasteiger partial charge in [-0.15, -0.1) is 0 Å². The van der Waals surface area contributed by atoms with Gasteiger partial charge < -0.3 is 10.0 Å². The van der Waals surface area contributed by atoms with Crippen molar-refractivity contribution in [2.75, 3.05) is 13.1 Å². The quantitative estimate of drug-likeness (QED) is 0.875. The van der Waals surface area contributed by atoms with Crippen LogP contribution in [-0.2, 0) is 22.4 Å².